The van der Waals surface area contributed by atoms with Crippen LogP contribution in [-0.4, -0.2) is 26.8 Å². The van der Waals surface area contributed by atoms with E-state index in [2.05, 4.69) is 24.8 Å². The number of nitrogens with two attached hydrogens (primary N) is 1. The van der Waals surface area contributed by atoms with Gasteiger partial charge in [-0.25, -0.2) is 0 Å². The Bertz CT molecular complexity index is 390. The summed E-state index contributed by atoms with van der Waals surface area (Å²) in [7, 11) is 1.77. The van der Waals surface area contributed by atoms with Gasteiger partial charge in [-0.05, 0) is 17.5 Å². The Labute approximate surface area is 104 Å². The summed E-state index contributed by atoms with van der Waals surface area (Å²) in [6, 6.07) is 8.08. The number of methoxy groups -OCH3 is 1. The summed E-state index contributed by atoms with van der Waals surface area (Å²) < 4.78 is 5.32. The van der Waals surface area contributed by atoms with Crippen LogP contribution in [0.3, 0.4) is 0 Å². The van der Waals surface area contributed by atoms with Gasteiger partial charge >= 0.3 is 0 Å². The number of nitrogen functional groups attached to an aromatic ring is 1. The van der Waals surface area contributed by atoms with Crippen LogP contribution in [0.4, 0.5) is 11.4 Å². The largest absolute Gasteiger partial charge is 0.397 e. The lowest BCUT2D eigenvalue weighted by Crippen LogP contribution is -2.25. The molecule has 0 radical (unpaired) electrons. The second-order valence-corrected chi connectivity index (χ2v) is 5.58. The summed E-state index contributed by atoms with van der Waals surface area (Å²) in [4.78, 5) is 2.37. The van der Waals surface area contributed by atoms with Gasteiger partial charge in [0.15, 0.2) is 0 Å². The van der Waals surface area contributed by atoms with E-state index in [-0.39, 0.29) is 5.41 Å². The fraction of sp³-hybridized carbons (Fsp3) is 0.571. The second kappa shape index (κ2) is 4.57. The molecule has 1 heterocycles. The molecule has 1 aliphatic rings. The molecule has 17 heavy (non-hydrogen) atoms. The number of ether oxygens (including phenoxy) is 1. The molecule has 0 unspecified atom stereocenters. The van der Waals surface area contributed by atoms with Crippen molar-refractivity contribution in [1.82, 2.24) is 0 Å². The lowest BCUT2D eigenvalue weighted by molar-refractivity contribution is 0.112. The standard InChI is InChI=1S/C14H22N2O/c1-14(2)10-16(8-11(14)9-17-3)13-7-5-4-6-12(13)15/h4-7,11H,8-10,15H2,1-3H3/t11-/m0/s1. The Morgan fingerprint density at radius 2 is 2.12 bits per heavy atom. The molecular weight excluding hydrogens is 212 g/mol. The minimum atomic E-state index is 0.276. The van der Waals surface area contributed by atoms with E-state index >= 15 is 0 Å². The molecule has 0 aliphatic carbocycles. The summed E-state index contributed by atoms with van der Waals surface area (Å²) in [6.07, 6.45) is 0. The van der Waals surface area contributed by atoms with Crippen molar-refractivity contribution < 1.29 is 4.74 Å². The average molecular weight is 234 g/mol. The van der Waals surface area contributed by atoms with Crippen molar-refractivity contribution >= 4 is 11.4 Å². The predicted molar refractivity (Wildman–Crippen MR) is 72.2 cm³/mol. The van der Waals surface area contributed by atoms with Gasteiger partial charge < -0.3 is 15.4 Å². The zero-order chi connectivity index (χ0) is 12.5. The first-order valence-corrected chi connectivity index (χ1v) is 6.13. The molecular formula is C14H22N2O. The van der Waals surface area contributed by atoms with Gasteiger partial charge in [0.1, 0.15) is 0 Å². The zero-order valence-corrected chi connectivity index (χ0v) is 10.9. The van der Waals surface area contributed by atoms with E-state index in [0.29, 0.717) is 5.92 Å². The molecule has 2 rings (SSSR count). The Kier molecular flexibility index (Phi) is 3.29. The number of anilines is 2. The summed E-state index contributed by atoms with van der Waals surface area (Å²) in [5, 5.41) is 0. The Balaban J connectivity index is 2.18. The molecule has 1 aromatic carbocycles. The number of para-hydroxylation sites is 2. The van der Waals surface area contributed by atoms with Crippen molar-refractivity contribution in [2.45, 2.75) is 13.8 Å². The van der Waals surface area contributed by atoms with Gasteiger partial charge in [0.25, 0.3) is 0 Å². The van der Waals surface area contributed by atoms with Crippen molar-refractivity contribution in [3.05, 3.63) is 24.3 Å². The van der Waals surface area contributed by atoms with Gasteiger partial charge in [-0.2, -0.15) is 0 Å². The zero-order valence-electron chi connectivity index (χ0n) is 10.9. The van der Waals surface area contributed by atoms with Crippen LogP contribution in [0.2, 0.25) is 0 Å². The molecule has 1 fully saturated rings. The highest BCUT2D eigenvalue weighted by molar-refractivity contribution is 5.67. The maximum atomic E-state index is 6.04. The van der Waals surface area contributed by atoms with Crippen LogP contribution >= 0.6 is 0 Å². The Morgan fingerprint density at radius 3 is 2.76 bits per heavy atom. The first kappa shape index (κ1) is 12.2. The highest BCUT2D eigenvalue weighted by atomic mass is 16.5. The monoisotopic (exact) mass is 234 g/mol. The highest BCUT2D eigenvalue weighted by Gasteiger charge is 2.39. The molecule has 1 aliphatic heterocycles. The van der Waals surface area contributed by atoms with Crippen LogP contribution in [-0.2, 0) is 4.74 Å². The number of hydrogen-bond donors (Lipinski definition) is 1. The van der Waals surface area contributed by atoms with Crippen molar-refractivity contribution in [3.63, 3.8) is 0 Å². The van der Waals surface area contributed by atoms with E-state index < -0.39 is 0 Å². The molecule has 3 heteroatoms. The summed E-state index contributed by atoms with van der Waals surface area (Å²) >= 11 is 0. The summed E-state index contributed by atoms with van der Waals surface area (Å²) in [6.45, 7) is 7.48. The van der Waals surface area contributed by atoms with Crippen LogP contribution in [0, 0.1) is 11.3 Å². The molecule has 0 spiro atoms. The number of rotatable bonds is 3. The molecule has 0 amide bonds. The van der Waals surface area contributed by atoms with Gasteiger partial charge in [-0.15, -0.1) is 0 Å². The molecule has 2 N–H and O–H groups in total. The molecule has 94 valence electrons. The summed E-state index contributed by atoms with van der Waals surface area (Å²) in [5.74, 6) is 0.562. The third-order valence-corrected chi connectivity index (χ3v) is 3.79. The maximum absolute atomic E-state index is 6.04. The first-order valence-electron chi connectivity index (χ1n) is 6.13. The fourth-order valence-electron chi connectivity index (χ4n) is 2.64. The lowest BCUT2D eigenvalue weighted by atomic mass is 9.83. The van der Waals surface area contributed by atoms with E-state index in [0.717, 1.165) is 31.1 Å². The fourth-order valence-corrected chi connectivity index (χ4v) is 2.64. The predicted octanol–water partition coefficient (Wildman–Crippen LogP) is 2.38. The summed E-state index contributed by atoms with van der Waals surface area (Å²) in [5.41, 5.74) is 8.33. The molecule has 0 saturated carbocycles. The highest BCUT2D eigenvalue weighted by Crippen LogP contribution is 2.39. The van der Waals surface area contributed by atoms with Crippen molar-refractivity contribution in [2.24, 2.45) is 11.3 Å². The van der Waals surface area contributed by atoms with E-state index in [1.54, 1.807) is 7.11 Å². The van der Waals surface area contributed by atoms with Crippen LogP contribution in [0.1, 0.15) is 13.8 Å². The molecule has 0 bridgehead atoms. The number of benzene rings is 1. The van der Waals surface area contributed by atoms with E-state index in [4.69, 9.17) is 10.5 Å². The van der Waals surface area contributed by atoms with Crippen LogP contribution in [0.5, 0.6) is 0 Å². The minimum absolute atomic E-state index is 0.276. The van der Waals surface area contributed by atoms with Gasteiger partial charge in [-0.1, -0.05) is 26.0 Å². The van der Waals surface area contributed by atoms with Crippen molar-refractivity contribution in [3.8, 4) is 0 Å². The molecule has 3 nitrogen and oxygen atoms in total. The number of hydrogen-bond acceptors (Lipinski definition) is 3. The SMILES string of the molecule is COC[C@@H]1CN(c2ccccc2N)CC1(C)C. The van der Waals surface area contributed by atoms with Crippen molar-refractivity contribution in [1.29, 1.82) is 0 Å². The second-order valence-electron chi connectivity index (χ2n) is 5.58. The Morgan fingerprint density at radius 1 is 1.41 bits per heavy atom. The molecule has 1 aromatic rings. The van der Waals surface area contributed by atoms with Gasteiger partial charge in [-0.3, -0.25) is 0 Å². The minimum Gasteiger partial charge on any atom is -0.397 e. The third-order valence-electron chi connectivity index (χ3n) is 3.79. The van der Waals surface area contributed by atoms with E-state index in [1.165, 1.54) is 0 Å². The number of nitrogens with zero attached hydrogens (tertiary/aromatic N) is 1. The average Bonchev–Trinajstić information content (AvgIpc) is 2.56. The van der Waals surface area contributed by atoms with Crippen LogP contribution in [0.15, 0.2) is 24.3 Å². The lowest BCUT2D eigenvalue weighted by Gasteiger charge is -2.24. The van der Waals surface area contributed by atoms with Gasteiger partial charge in [0.05, 0.1) is 18.0 Å². The van der Waals surface area contributed by atoms with Crippen molar-refractivity contribution in [2.75, 3.05) is 37.4 Å². The molecule has 0 aromatic heterocycles. The Hall–Kier alpha value is -1.22. The molecule has 1 saturated heterocycles. The smallest absolute Gasteiger partial charge is 0.0600 e. The quantitative estimate of drug-likeness (QED) is 0.816. The third kappa shape index (κ3) is 2.39. The normalized spacial score (nSPS) is 23.0. The van der Waals surface area contributed by atoms with Gasteiger partial charge in [0, 0.05) is 26.1 Å². The maximum Gasteiger partial charge on any atom is 0.0600 e. The van der Waals surface area contributed by atoms with Crippen LogP contribution < -0.4 is 10.6 Å². The van der Waals surface area contributed by atoms with Gasteiger partial charge in [0.2, 0.25) is 0 Å². The first-order chi connectivity index (χ1) is 8.04. The van der Waals surface area contributed by atoms with E-state index in [1.807, 2.05) is 18.2 Å². The van der Waals surface area contributed by atoms with Crippen LogP contribution in [0.25, 0.3) is 0 Å². The topological polar surface area (TPSA) is 38.5 Å². The molecule has 1 atom stereocenters. The van der Waals surface area contributed by atoms with E-state index in [9.17, 15) is 0 Å².